The van der Waals surface area contributed by atoms with Crippen molar-refractivity contribution in [3.63, 3.8) is 0 Å². The molecule has 0 amide bonds. The number of fused-ring (bicyclic) bond motifs is 1. The zero-order valence-corrected chi connectivity index (χ0v) is 12.4. The van der Waals surface area contributed by atoms with Crippen LogP contribution in [-0.4, -0.2) is 20.9 Å². The zero-order valence-electron chi connectivity index (χ0n) is 10.3. The lowest BCUT2D eigenvalue weighted by atomic mass is 9.95. The first-order valence-corrected chi connectivity index (χ1v) is 7.34. The second kappa shape index (κ2) is 4.96. The van der Waals surface area contributed by atoms with Crippen LogP contribution in [-0.2, 0) is 12.8 Å². The molecular formula is C14H13IN2O2. The van der Waals surface area contributed by atoms with E-state index >= 15 is 0 Å². The van der Waals surface area contributed by atoms with E-state index in [1.165, 1.54) is 0 Å². The summed E-state index contributed by atoms with van der Waals surface area (Å²) in [5, 5.41) is 13.6. The van der Waals surface area contributed by atoms with E-state index < -0.39 is 5.97 Å². The van der Waals surface area contributed by atoms with Crippen LogP contribution in [0.15, 0.2) is 24.3 Å². The van der Waals surface area contributed by atoms with E-state index in [0.717, 1.165) is 46.2 Å². The van der Waals surface area contributed by atoms with Gasteiger partial charge in [0.25, 0.3) is 0 Å². The fourth-order valence-electron chi connectivity index (χ4n) is 2.59. The van der Waals surface area contributed by atoms with Gasteiger partial charge in [-0.1, -0.05) is 6.07 Å². The molecule has 0 bridgehead atoms. The van der Waals surface area contributed by atoms with Gasteiger partial charge in [-0.3, -0.25) is 0 Å². The van der Waals surface area contributed by atoms with E-state index in [-0.39, 0.29) is 5.69 Å². The van der Waals surface area contributed by atoms with Crippen molar-refractivity contribution in [2.24, 2.45) is 0 Å². The summed E-state index contributed by atoms with van der Waals surface area (Å²) in [4.78, 5) is 11.3. The molecule has 1 aliphatic rings. The monoisotopic (exact) mass is 368 g/mol. The predicted molar refractivity (Wildman–Crippen MR) is 79.9 cm³/mol. The van der Waals surface area contributed by atoms with Gasteiger partial charge < -0.3 is 5.11 Å². The van der Waals surface area contributed by atoms with Crippen LogP contribution in [0.1, 0.15) is 34.6 Å². The van der Waals surface area contributed by atoms with E-state index in [0.29, 0.717) is 0 Å². The van der Waals surface area contributed by atoms with Crippen molar-refractivity contribution in [2.45, 2.75) is 25.7 Å². The zero-order chi connectivity index (χ0) is 13.4. The fraction of sp³-hybridized carbons (Fsp3) is 0.286. The maximum absolute atomic E-state index is 11.3. The second-order valence-electron chi connectivity index (χ2n) is 4.68. The van der Waals surface area contributed by atoms with E-state index in [1.54, 1.807) is 4.68 Å². The van der Waals surface area contributed by atoms with E-state index in [1.807, 2.05) is 24.3 Å². The quantitative estimate of drug-likeness (QED) is 0.830. The van der Waals surface area contributed by atoms with Crippen LogP contribution in [0, 0.1) is 3.57 Å². The number of nitrogens with zero attached hydrogens (tertiary/aromatic N) is 2. The number of carboxylic acid groups (broad SMARTS) is 1. The maximum atomic E-state index is 11.3. The van der Waals surface area contributed by atoms with Gasteiger partial charge in [0.2, 0.25) is 0 Å². The number of aromatic nitrogens is 2. The summed E-state index contributed by atoms with van der Waals surface area (Å²) < 4.78 is 2.92. The van der Waals surface area contributed by atoms with E-state index in [2.05, 4.69) is 27.7 Å². The molecule has 1 aromatic carbocycles. The second-order valence-corrected chi connectivity index (χ2v) is 5.92. The van der Waals surface area contributed by atoms with Gasteiger partial charge in [0.05, 0.1) is 5.69 Å². The predicted octanol–water partition coefficient (Wildman–Crippen LogP) is 3.05. The Labute approximate surface area is 124 Å². The highest BCUT2D eigenvalue weighted by atomic mass is 127. The third-order valence-electron chi connectivity index (χ3n) is 3.44. The Morgan fingerprint density at radius 2 is 2.11 bits per heavy atom. The molecule has 0 saturated carbocycles. The summed E-state index contributed by atoms with van der Waals surface area (Å²) in [6.45, 7) is 0. The van der Waals surface area contributed by atoms with Crippen molar-refractivity contribution in [1.82, 2.24) is 9.78 Å². The molecule has 3 rings (SSSR count). The largest absolute Gasteiger partial charge is 0.476 e. The van der Waals surface area contributed by atoms with Crippen molar-refractivity contribution in [3.8, 4) is 5.69 Å². The Kier molecular flexibility index (Phi) is 3.30. The molecule has 1 heterocycles. The van der Waals surface area contributed by atoms with Crippen molar-refractivity contribution < 1.29 is 9.90 Å². The van der Waals surface area contributed by atoms with Crippen LogP contribution >= 0.6 is 22.6 Å². The van der Waals surface area contributed by atoms with Crippen LogP contribution < -0.4 is 0 Å². The number of hydrogen-bond donors (Lipinski definition) is 1. The molecule has 5 heteroatoms. The average Bonchev–Trinajstić information content (AvgIpc) is 2.78. The normalized spacial score (nSPS) is 14.2. The molecule has 0 atom stereocenters. The number of benzene rings is 1. The van der Waals surface area contributed by atoms with Crippen LogP contribution in [0.25, 0.3) is 5.69 Å². The number of carbonyl (C=O) groups is 1. The Balaban J connectivity index is 2.19. The molecular weight excluding hydrogens is 355 g/mol. The molecule has 0 fully saturated rings. The Morgan fingerprint density at radius 1 is 1.32 bits per heavy atom. The summed E-state index contributed by atoms with van der Waals surface area (Å²) >= 11 is 2.25. The molecule has 0 unspecified atom stereocenters. The molecule has 19 heavy (non-hydrogen) atoms. The number of hydrogen-bond acceptors (Lipinski definition) is 2. The van der Waals surface area contributed by atoms with Gasteiger partial charge >= 0.3 is 5.97 Å². The minimum absolute atomic E-state index is 0.216. The van der Waals surface area contributed by atoms with Crippen molar-refractivity contribution in [1.29, 1.82) is 0 Å². The minimum Gasteiger partial charge on any atom is -0.476 e. The topological polar surface area (TPSA) is 55.1 Å². The Hall–Kier alpha value is -1.37. The van der Waals surface area contributed by atoms with Crippen molar-refractivity contribution >= 4 is 28.6 Å². The summed E-state index contributed by atoms with van der Waals surface area (Å²) in [6, 6.07) is 7.97. The first kappa shape index (κ1) is 12.7. The molecule has 0 radical (unpaired) electrons. The first-order chi connectivity index (χ1) is 9.16. The van der Waals surface area contributed by atoms with Gasteiger partial charge in [0.15, 0.2) is 5.69 Å². The number of rotatable bonds is 2. The summed E-state index contributed by atoms with van der Waals surface area (Å²) in [7, 11) is 0. The minimum atomic E-state index is -0.928. The lowest BCUT2D eigenvalue weighted by Crippen LogP contribution is -2.08. The molecule has 2 aromatic rings. The average molecular weight is 368 g/mol. The summed E-state index contributed by atoms with van der Waals surface area (Å²) in [5.74, 6) is -0.928. The maximum Gasteiger partial charge on any atom is 0.356 e. The third-order valence-corrected chi connectivity index (χ3v) is 4.11. The van der Waals surface area contributed by atoms with Crippen LogP contribution in [0.5, 0.6) is 0 Å². The highest BCUT2D eigenvalue weighted by Crippen LogP contribution is 2.27. The van der Waals surface area contributed by atoms with E-state index in [4.69, 9.17) is 0 Å². The van der Waals surface area contributed by atoms with Crippen molar-refractivity contribution in [2.75, 3.05) is 0 Å². The van der Waals surface area contributed by atoms with E-state index in [9.17, 15) is 9.90 Å². The number of aromatic carboxylic acids is 1. The van der Waals surface area contributed by atoms with Gasteiger partial charge in [-0.25, -0.2) is 9.48 Å². The van der Waals surface area contributed by atoms with Crippen LogP contribution in [0.3, 0.4) is 0 Å². The smallest absolute Gasteiger partial charge is 0.356 e. The number of halogens is 1. The molecule has 1 aromatic heterocycles. The van der Waals surface area contributed by atoms with Crippen LogP contribution in [0.2, 0.25) is 0 Å². The molecule has 1 aliphatic carbocycles. The molecule has 4 nitrogen and oxygen atoms in total. The van der Waals surface area contributed by atoms with Gasteiger partial charge in [-0.05, 0) is 66.5 Å². The van der Waals surface area contributed by atoms with Gasteiger partial charge in [0, 0.05) is 14.8 Å². The summed E-state index contributed by atoms with van der Waals surface area (Å²) in [6.07, 6.45) is 3.87. The Bertz CT molecular complexity index is 649. The molecule has 98 valence electrons. The molecule has 0 spiro atoms. The van der Waals surface area contributed by atoms with Crippen molar-refractivity contribution in [3.05, 3.63) is 44.8 Å². The fourth-order valence-corrected chi connectivity index (χ4v) is 3.12. The highest BCUT2D eigenvalue weighted by Gasteiger charge is 2.25. The lowest BCUT2D eigenvalue weighted by Gasteiger charge is -2.14. The lowest BCUT2D eigenvalue weighted by molar-refractivity contribution is 0.0688. The molecule has 0 aliphatic heterocycles. The summed E-state index contributed by atoms with van der Waals surface area (Å²) in [5.41, 5.74) is 3.13. The van der Waals surface area contributed by atoms with Gasteiger partial charge in [-0.15, -0.1) is 0 Å². The highest BCUT2D eigenvalue weighted by molar-refractivity contribution is 14.1. The third kappa shape index (κ3) is 2.27. The van der Waals surface area contributed by atoms with Gasteiger partial charge in [-0.2, -0.15) is 5.10 Å². The molecule has 1 N–H and O–H groups in total. The Morgan fingerprint density at radius 3 is 2.84 bits per heavy atom. The SMILES string of the molecule is O=C(O)c1nn(-c2cccc(I)c2)c2c1CCCC2. The molecule has 0 saturated heterocycles. The van der Waals surface area contributed by atoms with Crippen LogP contribution in [0.4, 0.5) is 0 Å². The standard InChI is InChI=1S/C14H13IN2O2/c15-9-4-3-5-10(8-9)17-12-7-2-1-6-11(12)13(16-17)14(18)19/h3-5,8H,1-2,6-7H2,(H,18,19). The first-order valence-electron chi connectivity index (χ1n) is 6.27. The van der Waals surface area contributed by atoms with Gasteiger partial charge in [0.1, 0.15) is 0 Å². The number of carboxylic acids is 1.